The molecule has 0 aromatic heterocycles. The van der Waals surface area contributed by atoms with E-state index in [0.29, 0.717) is 22.5 Å². The van der Waals surface area contributed by atoms with Gasteiger partial charge in [-0.2, -0.15) is 13.2 Å². The van der Waals surface area contributed by atoms with Crippen molar-refractivity contribution in [3.05, 3.63) is 64.7 Å². The highest BCUT2D eigenvalue weighted by Gasteiger charge is 2.34. The Bertz CT molecular complexity index is 1170. The highest BCUT2D eigenvalue weighted by atomic mass is 35.5. The second kappa shape index (κ2) is 12.0. The monoisotopic (exact) mass is 547 g/mol. The fraction of sp³-hybridized carbons (Fsp3) is 0.417. The Morgan fingerprint density at radius 1 is 1.06 bits per heavy atom. The summed E-state index contributed by atoms with van der Waals surface area (Å²) in [5.74, 6) is -1.08. The van der Waals surface area contributed by atoms with E-state index in [1.165, 1.54) is 11.8 Å². The van der Waals surface area contributed by atoms with Gasteiger partial charge in [-0.15, -0.1) is 0 Å². The van der Waals surface area contributed by atoms with E-state index in [2.05, 4.69) is 5.32 Å². The van der Waals surface area contributed by atoms with Gasteiger partial charge < -0.3 is 10.2 Å². The van der Waals surface area contributed by atoms with E-state index in [4.69, 9.17) is 11.6 Å². The van der Waals surface area contributed by atoms with Gasteiger partial charge in [0.2, 0.25) is 21.8 Å². The number of rotatable bonds is 10. The maximum Gasteiger partial charge on any atom is 0.416 e. The molecule has 0 spiro atoms. The van der Waals surface area contributed by atoms with Crippen molar-refractivity contribution in [3.63, 3.8) is 0 Å². The lowest BCUT2D eigenvalue weighted by atomic mass is 10.1. The number of hydrogen-bond acceptors (Lipinski definition) is 4. The normalized spacial score (nSPS) is 12.8. The van der Waals surface area contributed by atoms with Gasteiger partial charge in [-0.1, -0.05) is 55.8 Å². The minimum absolute atomic E-state index is 0.0239. The van der Waals surface area contributed by atoms with Crippen LogP contribution in [0.25, 0.3) is 0 Å². The third-order valence-corrected chi connectivity index (χ3v) is 6.72. The van der Waals surface area contributed by atoms with Crippen molar-refractivity contribution in [1.29, 1.82) is 0 Å². The fourth-order valence-corrected chi connectivity index (χ4v) is 4.41. The minimum Gasteiger partial charge on any atom is -0.354 e. The van der Waals surface area contributed by atoms with Crippen LogP contribution in [0.15, 0.2) is 48.5 Å². The minimum atomic E-state index is -4.76. The van der Waals surface area contributed by atoms with Crippen molar-refractivity contribution in [3.8, 4) is 0 Å². The Morgan fingerprint density at radius 3 is 2.19 bits per heavy atom. The summed E-state index contributed by atoms with van der Waals surface area (Å²) in [5, 5.41) is 2.46. The van der Waals surface area contributed by atoms with Crippen LogP contribution >= 0.6 is 11.6 Å². The van der Waals surface area contributed by atoms with Gasteiger partial charge >= 0.3 is 6.18 Å². The third kappa shape index (κ3) is 8.12. The third-order valence-electron chi connectivity index (χ3n) is 5.27. The summed E-state index contributed by atoms with van der Waals surface area (Å²) in [6.45, 7) is 4.80. The van der Waals surface area contributed by atoms with Crippen molar-refractivity contribution in [2.75, 3.05) is 23.7 Å². The van der Waals surface area contributed by atoms with Crippen LogP contribution in [0.5, 0.6) is 0 Å². The molecule has 0 saturated heterocycles. The lowest BCUT2D eigenvalue weighted by molar-refractivity contribution is -0.139. The smallest absolute Gasteiger partial charge is 0.354 e. The molecule has 2 rings (SSSR count). The van der Waals surface area contributed by atoms with Gasteiger partial charge in [0.05, 0.1) is 22.5 Å². The summed E-state index contributed by atoms with van der Waals surface area (Å²) in [6.07, 6.45) is -3.99. The van der Waals surface area contributed by atoms with Crippen LogP contribution in [0, 0.1) is 5.92 Å². The zero-order chi connectivity index (χ0) is 27.3. The van der Waals surface area contributed by atoms with E-state index in [-0.39, 0.29) is 17.5 Å². The molecule has 0 aliphatic rings. The second-order valence-corrected chi connectivity index (χ2v) is 11.1. The number of nitrogens with zero attached hydrogens (tertiary/aromatic N) is 2. The molecule has 7 nitrogen and oxygen atoms in total. The maximum absolute atomic E-state index is 13.4. The Morgan fingerprint density at radius 2 is 1.67 bits per heavy atom. The first-order valence-electron chi connectivity index (χ1n) is 11.1. The Balaban J connectivity index is 2.45. The van der Waals surface area contributed by atoms with Gasteiger partial charge in [-0.25, -0.2) is 8.42 Å². The maximum atomic E-state index is 13.4. The Hall–Kier alpha value is -2.79. The van der Waals surface area contributed by atoms with Gasteiger partial charge in [-0.05, 0) is 36.6 Å². The van der Waals surface area contributed by atoms with E-state index in [9.17, 15) is 31.2 Å². The van der Waals surface area contributed by atoms with Gasteiger partial charge in [0.25, 0.3) is 0 Å². The molecule has 0 radical (unpaired) electrons. The van der Waals surface area contributed by atoms with Gasteiger partial charge in [0.1, 0.15) is 12.6 Å². The van der Waals surface area contributed by atoms with E-state index in [1.54, 1.807) is 30.3 Å². The van der Waals surface area contributed by atoms with E-state index >= 15 is 0 Å². The number of nitrogens with one attached hydrogen (secondary N) is 1. The number of carbonyl (C=O) groups excluding carboxylic acids is 2. The molecular weight excluding hydrogens is 519 g/mol. The van der Waals surface area contributed by atoms with Crippen LogP contribution in [-0.4, -0.2) is 50.5 Å². The summed E-state index contributed by atoms with van der Waals surface area (Å²) < 4.78 is 65.5. The zero-order valence-corrected chi connectivity index (χ0v) is 21.9. The van der Waals surface area contributed by atoms with Crippen LogP contribution in [0.4, 0.5) is 18.9 Å². The molecule has 1 unspecified atom stereocenters. The van der Waals surface area contributed by atoms with Crippen LogP contribution in [-0.2, 0) is 32.3 Å². The number of anilines is 1. The number of sulfonamides is 1. The van der Waals surface area contributed by atoms with Crippen LogP contribution in [0.2, 0.25) is 5.02 Å². The zero-order valence-electron chi connectivity index (χ0n) is 20.3. The molecule has 2 aromatic carbocycles. The first-order chi connectivity index (χ1) is 16.6. The van der Waals surface area contributed by atoms with E-state index in [0.717, 1.165) is 18.4 Å². The molecule has 1 atom stereocenters. The first kappa shape index (κ1) is 29.4. The average Bonchev–Trinajstić information content (AvgIpc) is 2.78. The molecule has 198 valence electrons. The highest BCUT2D eigenvalue weighted by Crippen LogP contribution is 2.36. The topological polar surface area (TPSA) is 86.8 Å². The molecule has 1 N–H and O–H groups in total. The lowest BCUT2D eigenvalue weighted by Crippen LogP contribution is -2.51. The summed E-state index contributed by atoms with van der Waals surface area (Å²) >= 11 is 6.06. The molecular formula is C24H29ClF3N3O4S. The lowest BCUT2D eigenvalue weighted by Gasteiger charge is -2.32. The summed E-state index contributed by atoms with van der Waals surface area (Å²) in [7, 11) is -4.24. The molecule has 2 amide bonds. The largest absolute Gasteiger partial charge is 0.416 e. The number of amides is 2. The molecule has 0 saturated carbocycles. The van der Waals surface area contributed by atoms with Crippen molar-refractivity contribution in [2.24, 2.45) is 5.92 Å². The average molecular weight is 548 g/mol. The fourth-order valence-electron chi connectivity index (χ4n) is 3.29. The van der Waals surface area contributed by atoms with Gasteiger partial charge in [0, 0.05) is 13.1 Å². The van der Waals surface area contributed by atoms with Gasteiger partial charge in [0.15, 0.2) is 0 Å². The molecule has 2 aromatic rings. The van der Waals surface area contributed by atoms with Crippen LogP contribution < -0.4 is 9.62 Å². The molecule has 0 heterocycles. The van der Waals surface area contributed by atoms with Crippen molar-refractivity contribution in [2.45, 2.75) is 39.5 Å². The second-order valence-electron chi connectivity index (χ2n) is 8.76. The first-order valence-corrected chi connectivity index (χ1v) is 13.3. The SMILES string of the molecule is CC(C)CNC(=O)C(C)N(Cc1ccccc1)C(=O)CN(c1cc(C(F)(F)F)ccc1Cl)S(C)(=O)=O. The van der Waals surface area contributed by atoms with Gasteiger partial charge in [-0.3, -0.25) is 13.9 Å². The summed E-state index contributed by atoms with van der Waals surface area (Å²) in [6, 6.07) is 9.96. The predicted molar refractivity (Wildman–Crippen MR) is 133 cm³/mol. The van der Waals surface area contributed by atoms with Crippen molar-refractivity contribution in [1.82, 2.24) is 10.2 Å². The molecule has 0 bridgehead atoms. The molecule has 0 aliphatic heterocycles. The number of alkyl halides is 3. The number of hydrogen-bond donors (Lipinski definition) is 1. The summed E-state index contributed by atoms with van der Waals surface area (Å²) in [4.78, 5) is 27.4. The molecule has 12 heteroatoms. The highest BCUT2D eigenvalue weighted by molar-refractivity contribution is 7.92. The van der Waals surface area contributed by atoms with Crippen molar-refractivity contribution >= 4 is 39.1 Å². The standard InChI is InChI=1S/C24H29ClF3N3O4S/c1-16(2)13-29-23(33)17(3)30(14-18-8-6-5-7-9-18)22(32)15-31(36(4,34)35)21-12-19(24(26,27)28)10-11-20(21)25/h5-12,16-17H,13-15H2,1-4H3,(H,29,33). The van der Waals surface area contributed by atoms with E-state index in [1.807, 2.05) is 13.8 Å². The Labute approximate surface area is 214 Å². The number of benzene rings is 2. The molecule has 0 fully saturated rings. The quantitative estimate of drug-likeness (QED) is 0.480. The predicted octanol–water partition coefficient (Wildman–Crippen LogP) is 4.31. The Kier molecular flexibility index (Phi) is 9.78. The molecule has 0 aliphatic carbocycles. The summed E-state index contributed by atoms with van der Waals surface area (Å²) in [5.41, 5.74) is -0.929. The number of halogens is 4. The van der Waals surface area contributed by atoms with Crippen LogP contribution in [0.3, 0.4) is 0 Å². The van der Waals surface area contributed by atoms with E-state index < -0.39 is 51.9 Å². The van der Waals surface area contributed by atoms with Crippen LogP contribution in [0.1, 0.15) is 31.9 Å². The number of carbonyl (C=O) groups is 2. The molecule has 36 heavy (non-hydrogen) atoms. The van der Waals surface area contributed by atoms with Crippen molar-refractivity contribution < 1.29 is 31.2 Å².